The van der Waals surface area contributed by atoms with E-state index in [1.165, 1.54) is 0 Å². The van der Waals surface area contributed by atoms with Crippen LogP contribution in [0.2, 0.25) is 0 Å². The fourth-order valence-corrected chi connectivity index (χ4v) is 2.51. The van der Waals surface area contributed by atoms with Crippen LogP contribution in [0.15, 0.2) is 47.1 Å². The summed E-state index contributed by atoms with van der Waals surface area (Å²) in [5, 5.41) is 7.76. The quantitative estimate of drug-likeness (QED) is 0.799. The van der Waals surface area contributed by atoms with Gasteiger partial charge in [-0.05, 0) is 31.3 Å². The Morgan fingerprint density at radius 3 is 2.95 bits per heavy atom. The van der Waals surface area contributed by atoms with Gasteiger partial charge in [-0.2, -0.15) is 5.10 Å². The number of rotatable bonds is 4. The molecule has 1 aromatic carbocycles. The molecule has 102 valence electrons. The molecule has 3 aromatic rings. The minimum absolute atomic E-state index is 0.884. The average Bonchev–Trinajstić information content (AvgIpc) is 2.86. The molecule has 1 N–H and O–H groups in total. The van der Waals surface area contributed by atoms with Crippen molar-refractivity contribution in [3.8, 4) is 11.3 Å². The summed E-state index contributed by atoms with van der Waals surface area (Å²) in [5.74, 6) is 0. The largest absolute Gasteiger partial charge is 0.319 e. The Balaban J connectivity index is 1.97. The van der Waals surface area contributed by atoms with Gasteiger partial charge < -0.3 is 5.32 Å². The van der Waals surface area contributed by atoms with Crippen molar-refractivity contribution in [1.82, 2.24) is 19.9 Å². The molecule has 5 heteroatoms. The first-order valence-corrected chi connectivity index (χ1v) is 7.31. The molecular formula is C15H15BrN4. The fraction of sp³-hybridized carbons (Fsp3) is 0.200. The topological polar surface area (TPSA) is 42.2 Å². The molecule has 0 amide bonds. The number of nitrogens with one attached hydrogen (secondary N) is 1. The number of imidazole rings is 1. The molecule has 0 spiro atoms. The standard InChI is InChI=1S/C15H15BrN4/c1-17-8-7-13-10-20-15(18-13)6-5-14(19-20)11-3-2-4-12(16)9-11/h2-6,9-10,17H,7-8H2,1H3. The molecular weight excluding hydrogens is 316 g/mol. The molecule has 0 fully saturated rings. The SMILES string of the molecule is CNCCc1cn2nc(-c3cccc(Br)c3)ccc2n1. The highest BCUT2D eigenvalue weighted by atomic mass is 79.9. The van der Waals surface area contributed by atoms with Gasteiger partial charge in [-0.1, -0.05) is 28.1 Å². The monoisotopic (exact) mass is 330 g/mol. The van der Waals surface area contributed by atoms with E-state index in [1.807, 2.05) is 42.0 Å². The van der Waals surface area contributed by atoms with E-state index in [0.29, 0.717) is 0 Å². The number of fused-ring (bicyclic) bond motifs is 1. The van der Waals surface area contributed by atoms with Crippen molar-refractivity contribution in [2.75, 3.05) is 13.6 Å². The van der Waals surface area contributed by atoms with Gasteiger partial charge in [0.25, 0.3) is 0 Å². The molecule has 0 aliphatic rings. The molecule has 0 atom stereocenters. The highest BCUT2D eigenvalue weighted by Gasteiger charge is 2.05. The second-order valence-corrected chi connectivity index (χ2v) is 5.53. The van der Waals surface area contributed by atoms with Crippen molar-refractivity contribution in [3.05, 3.63) is 52.8 Å². The van der Waals surface area contributed by atoms with E-state index in [2.05, 4.69) is 43.5 Å². The second-order valence-electron chi connectivity index (χ2n) is 4.62. The highest BCUT2D eigenvalue weighted by Crippen LogP contribution is 2.21. The third-order valence-corrected chi connectivity index (χ3v) is 3.61. The third-order valence-electron chi connectivity index (χ3n) is 3.12. The summed E-state index contributed by atoms with van der Waals surface area (Å²) in [7, 11) is 1.94. The Hall–Kier alpha value is -1.72. The first-order chi connectivity index (χ1) is 9.76. The van der Waals surface area contributed by atoms with Crippen molar-refractivity contribution in [3.63, 3.8) is 0 Å². The minimum Gasteiger partial charge on any atom is -0.319 e. The molecule has 2 heterocycles. The number of likely N-dealkylation sites (N-methyl/N-ethyl adjacent to an activating group) is 1. The smallest absolute Gasteiger partial charge is 0.153 e. The molecule has 20 heavy (non-hydrogen) atoms. The maximum atomic E-state index is 4.63. The van der Waals surface area contributed by atoms with Crippen molar-refractivity contribution >= 4 is 21.6 Å². The zero-order valence-electron chi connectivity index (χ0n) is 11.2. The lowest BCUT2D eigenvalue weighted by molar-refractivity contribution is 0.779. The first kappa shape index (κ1) is 13.3. The second kappa shape index (κ2) is 5.73. The van der Waals surface area contributed by atoms with Crippen LogP contribution in [0.4, 0.5) is 0 Å². The molecule has 0 bridgehead atoms. The lowest BCUT2D eigenvalue weighted by atomic mass is 10.1. The predicted octanol–water partition coefficient (Wildman–Crippen LogP) is 2.92. The average molecular weight is 331 g/mol. The van der Waals surface area contributed by atoms with Crippen LogP contribution < -0.4 is 5.32 Å². The Morgan fingerprint density at radius 1 is 1.25 bits per heavy atom. The van der Waals surface area contributed by atoms with E-state index in [-0.39, 0.29) is 0 Å². The summed E-state index contributed by atoms with van der Waals surface area (Å²) in [6, 6.07) is 12.1. The van der Waals surface area contributed by atoms with Gasteiger partial charge in [-0.15, -0.1) is 0 Å². The number of aromatic nitrogens is 3. The lowest BCUT2D eigenvalue weighted by Crippen LogP contribution is -2.10. The molecule has 0 aliphatic carbocycles. The van der Waals surface area contributed by atoms with Crippen LogP contribution in [-0.4, -0.2) is 28.2 Å². The summed E-state index contributed by atoms with van der Waals surface area (Å²) in [4.78, 5) is 4.55. The Morgan fingerprint density at radius 2 is 2.15 bits per heavy atom. The van der Waals surface area contributed by atoms with Crippen LogP contribution >= 0.6 is 15.9 Å². The Bertz CT molecular complexity index is 736. The number of halogens is 1. The fourth-order valence-electron chi connectivity index (χ4n) is 2.11. The summed E-state index contributed by atoms with van der Waals surface area (Å²) in [6.07, 6.45) is 2.90. The summed E-state index contributed by atoms with van der Waals surface area (Å²) < 4.78 is 2.90. The zero-order valence-corrected chi connectivity index (χ0v) is 12.8. The van der Waals surface area contributed by atoms with E-state index in [9.17, 15) is 0 Å². The first-order valence-electron chi connectivity index (χ1n) is 6.52. The van der Waals surface area contributed by atoms with Crippen LogP contribution in [0.25, 0.3) is 16.9 Å². The lowest BCUT2D eigenvalue weighted by Gasteiger charge is -2.01. The normalized spacial score (nSPS) is 11.1. The van der Waals surface area contributed by atoms with E-state index in [0.717, 1.165) is 40.0 Å². The van der Waals surface area contributed by atoms with Crippen molar-refractivity contribution in [1.29, 1.82) is 0 Å². The summed E-state index contributed by atoms with van der Waals surface area (Å²) in [5.41, 5.74) is 3.97. The van der Waals surface area contributed by atoms with Crippen molar-refractivity contribution in [2.45, 2.75) is 6.42 Å². The molecule has 0 aliphatic heterocycles. The summed E-state index contributed by atoms with van der Waals surface area (Å²) >= 11 is 3.49. The minimum atomic E-state index is 0.884. The van der Waals surface area contributed by atoms with Crippen LogP contribution in [0.1, 0.15) is 5.69 Å². The Labute approximate surface area is 126 Å². The molecule has 3 rings (SSSR count). The van der Waals surface area contributed by atoms with Crippen molar-refractivity contribution < 1.29 is 0 Å². The van der Waals surface area contributed by atoms with E-state index >= 15 is 0 Å². The van der Waals surface area contributed by atoms with Gasteiger partial charge >= 0.3 is 0 Å². The number of nitrogens with zero attached hydrogens (tertiary/aromatic N) is 3. The van der Waals surface area contributed by atoms with E-state index in [1.54, 1.807) is 0 Å². The molecule has 0 saturated heterocycles. The van der Waals surface area contributed by atoms with Crippen LogP contribution in [0, 0.1) is 0 Å². The maximum absolute atomic E-state index is 4.63. The molecule has 0 radical (unpaired) electrons. The van der Waals surface area contributed by atoms with Crippen LogP contribution in [0.3, 0.4) is 0 Å². The number of hydrogen-bond acceptors (Lipinski definition) is 3. The van der Waals surface area contributed by atoms with Crippen LogP contribution in [0.5, 0.6) is 0 Å². The van der Waals surface area contributed by atoms with Gasteiger partial charge in [-0.3, -0.25) is 0 Å². The number of benzene rings is 1. The summed E-state index contributed by atoms with van der Waals surface area (Å²) in [6.45, 7) is 0.919. The molecule has 4 nitrogen and oxygen atoms in total. The molecule has 0 saturated carbocycles. The number of hydrogen-bond donors (Lipinski definition) is 1. The van der Waals surface area contributed by atoms with Gasteiger partial charge in [0.05, 0.1) is 17.6 Å². The molecule has 0 unspecified atom stereocenters. The zero-order chi connectivity index (χ0) is 13.9. The van der Waals surface area contributed by atoms with Crippen LogP contribution in [-0.2, 0) is 6.42 Å². The molecule has 2 aromatic heterocycles. The van der Waals surface area contributed by atoms with Gasteiger partial charge in [0.2, 0.25) is 0 Å². The predicted molar refractivity (Wildman–Crippen MR) is 83.8 cm³/mol. The van der Waals surface area contributed by atoms with E-state index in [4.69, 9.17) is 0 Å². The van der Waals surface area contributed by atoms with Gasteiger partial charge in [0.15, 0.2) is 5.65 Å². The maximum Gasteiger partial charge on any atom is 0.153 e. The highest BCUT2D eigenvalue weighted by molar-refractivity contribution is 9.10. The Kier molecular flexibility index (Phi) is 3.80. The third kappa shape index (κ3) is 2.73. The van der Waals surface area contributed by atoms with E-state index < -0.39 is 0 Å². The van der Waals surface area contributed by atoms with Gasteiger partial charge in [0, 0.05) is 23.0 Å². The van der Waals surface area contributed by atoms with Gasteiger partial charge in [-0.25, -0.2) is 9.50 Å². The van der Waals surface area contributed by atoms with Gasteiger partial charge in [0.1, 0.15) is 0 Å². The van der Waals surface area contributed by atoms with Crippen molar-refractivity contribution in [2.24, 2.45) is 0 Å².